The van der Waals surface area contributed by atoms with Gasteiger partial charge in [0.1, 0.15) is 22.7 Å². The molecule has 1 aromatic carbocycles. The smallest absolute Gasteiger partial charge is 0.276 e. The van der Waals surface area contributed by atoms with Gasteiger partial charge in [-0.3, -0.25) is 4.79 Å². The molecule has 2 aromatic rings. The highest BCUT2D eigenvalue weighted by atomic mass is 35.5. The van der Waals surface area contributed by atoms with Crippen LogP contribution >= 0.6 is 11.6 Å². The van der Waals surface area contributed by atoms with Crippen molar-refractivity contribution in [2.45, 2.75) is 5.88 Å². The molecule has 0 fully saturated rings. The average molecular weight is 350 g/mol. The molecule has 2 rings (SSSR count). The second-order valence-corrected chi connectivity index (χ2v) is 6.98. The summed E-state index contributed by atoms with van der Waals surface area (Å²) < 4.78 is 49.5. The first kappa shape index (κ1) is 16.4. The number of anilines is 1. The lowest BCUT2D eigenvalue weighted by Gasteiger charge is -2.04. The number of nitrogens with zero attached hydrogens (tertiary/aromatic N) is 2. The first-order valence-electron chi connectivity index (χ1n) is 5.83. The van der Waals surface area contributed by atoms with Crippen molar-refractivity contribution in [2.24, 2.45) is 0 Å². The minimum absolute atomic E-state index is 0.0600. The molecule has 0 aliphatic carbocycles. The lowest BCUT2D eigenvalue weighted by molar-refractivity contribution is 0.102. The summed E-state index contributed by atoms with van der Waals surface area (Å²) in [6.07, 6.45) is 0.985. The van der Waals surface area contributed by atoms with Gasteiger partial charge in [-0.1, -0.05) is 11.6 Å². The van der Waals surface area contributed by atoms with Gasteiger partial charge in [-0.15, -0.1) is 0 Å². The molecule has 1 aromatic heterocycles. The van der Waals surface area contributed by atoms with Crippen molar-refractivity contribution in [3.05, 3.63) is 46.7 Å². The third-order valence-corrected chi connectivity index (χ3v) is 3.52. The molecule has 0 aliphatic rings. The molecule has 1 N–H and O–H groups in total. The Morgan fingerprint density at radius 3 is 2.64 bits per heavy atom. The van der Waals surface area contributed by atoms with Crippen molar-refractivity contribution in [1.82, 2.24) is 9.78 Å². The van der Waals surface area contributed by atoms with Gasteiger partial charge >= 0.3 is 0 Å². The molecular formula is C12H10ClF2N3O3S. The van der Waals surface area contributed by atoms with E-state index >= 15 is 0 Å². The number of amides is 1. The summed E-state index contributed by atoms with van der Waals surface area (Å²) >= 11 is 5.78. The van der Waals surface area contributed by atoms with Gasteiger partial charge in [-0.05, 0) is 12.1 Å². The summed E-state index contributed by atoms with van der Waals surface area (Å²) in [7, 11) is -3.40. The Bertz CT molecular complexity index is 836. The Balaban J connectivity index is 2.21. The lowest BCUT2D eigenvalue weighted by atomic mass is 10.3. The van der Waals surface area contributed by atoms with Crippen LogP contribution in [0.4, 0.5) is 14.5 Å². The molecule has 118 valence electrons. The third-order valence-electron chi connectivity index (χ3n) is 2.50. The van der Waals surface area contributed by atoms with E-state index in [9.17, 15) is 22.0 Å². The SMILES string of the molecule is CS(=O)(=O)Cn1nc(C(=O)Nc2ccc(F)cc2F)cc1Cl. The standard InChI is InChI=1S/C12H10ClF2N3O3S/c1-22(20,21)6-18-11(13)5-10(17-18)12(19)16-9-3-2-7(14)4-8(9)15/h2-5H,6H2,1H3,(H,16,19). The van der Waals surface area contributed by atoms with Gasteiger partial charge in [0.2, 0.25) is 0 Å². The normalized spacial score (nSPS) is 11.5. The minimum atomic E-state index is -3.40. The average Bonchev–Trinajstić information content (AvgIpc) is 2.72. The van der Waals surface area contributed by atoms with Gasteiger partial charge in [0.15, 0.2) is 15.5 Å². The maximum absolute atomic E-state index is 13.4. The summed E-state index contributed by atoms with van der Waals surface area (Å²) in [6.45, 7) is 0. The molecule has 0 spiro atoms. The Hall–Kier alpha value is -2.00. The first-order chi connectivity index (χ1) is 10.2. The molecule has 0 unspecified atom stereocenters. The zero-order valence-electron chi connectivity index (χ0n) is 11.2. The molecule has 0 saturated carbocycles. The summed E-state index contributed by atoms with van der Waals surface area (Å²) in [6, 6.07) is 3.79. The Kier molecular flexibility index (Phi) is 4.47. The van der Waals surface area contributed by atoms with Crippen LogP contribution in [0.3, 0.4) is 0 Å². The van der Waals surface area contributed by atoms with Crippen molar-refractivity contribution >= 4 is 33.0 Å². The number of nitrogens with one attached hydrogen (secondary N) is 1. The van der Waals surface area contributed by atoms with Gasteiger partial charge < -0.3 is 5.32 Å². The van der Waals surface area contributed by atoms with E-state index < -0.39 is 33.3 Å². The van der Waals surface area contributed by atoms with E-state index in [-0.39, 0.29) is 16.5 Å². The second-order valence-electron chi connectivity index (χ2n) is 4.48. The number of sulfone groups is 1. The van der Waals surface area contributed by atoms with Crippen LogP contribution in [0.15, 0.2) is 24.3 Å². The predicted octanol–water partition coefficient (Wildman–Crippen LogP) is 2.07. The fourth-order valence-corrected chi connectivity index (χ4v) is 2.51. The molecular weight excluding hydrogens is 340 g/mol. The number of carbonyl (C=O) groups excluding carboxylic acids is 1. The maximum atomic E-state index is 13.4. The van der Waals surface area contributed by atoms with E-state index in [1.54, 1.807) is 0 Å². The molecule has 0 atom stereocenters. The van der Waals surface area contributed by atoms with E-state index in [1.807, 2.05) is 0 Å². The van der Waals surface area contributed by atoms with Crippen LogP contribution in [0.1, 0.15) is 10.5 Å². The second kappa shape index (κ2) is 6.01. The van der Waals surface area contributed by atoms with Gasteiger partial charge in [-0.2, -0.15) is 5.10 Å². The van der Waals surface area contributed by atoms with Gasteiger partial charge in [-0.25, -0.2) is 21.9 Å². The fourth-order valence-electron chi connectivity index (χ4n) is 1.59. The lowest BCUT2D eigenvalue weighted by Crippen LogP contribution is -2.15. The van der Waals surface area contributed by atoms with Gasteiger partial charge in [0, 0.05) is 18.4 Å². The molecule has 22 heavy (non-hydrogen) atoms. The number of carbonyl (C=O) groups is 1. The number of benzene rings is 1. The van der Waals surface area contributed by atoms with Gasteiger partial charge in [0.05, 0.1) is 5.69 Å². The molecule has 0 bridgehead atoms. The molecule has 0 aliphatic heterocycles. The van der Waals surface area contributed by atoms with Crippen LogP contribution in [0.5, 0.6) is 0 Å². The predicted molar refractivity (Wildman–Crippen MR) is 76.4 cm³/mol. The van der Waals surface area contributed by atoms with Crippen LogP contribution in [-0.2, 0) is 15.7 Å². The molecule has 0 saturated heterocycles. The Morgan fingerprint density at radius 2 is 2.05 bits per heavy atom. The molecule has 1 amide bonds. The van der Waals surface area contributed by atoms with E-state index in [4.69, 9.17) is 11.6 Å². The van der Waals surface area contributed by atoms with Crippen LogP contribution in [-0.4, -0.2) is 30.4 Å². The van der Waals surface area contributed by atoms with Crippen molar-refractivity contribution in [2.75, 3.05) is 11.6 Å². The van der Waals surface area contributed by atoms with Gasteiger partial charge in [0.25, 0.3) is 5.91 Å². The monoisotopic (exact) mass is 349 g/mol. The third kappa shape index (κ3) is 4.01. The molecule has 10 heteroatoms. The zero-order valence-corrected chi connectivity index (χ0v) is 12.8. The van der Waals surface area contributed by atoms with Crippen molar-refractivity contribution in [3.8, 4) is 0 Å². The fraction of sp³-hybridized carbons (Fsp3) is 0.167. The van der Waals surface area contributed by atoms with Crippen LogP contribution in [0, 0.1) is 11.6 Å². The Morgan fingerprint density at radius 1 is 1.36 bits per heavy atom. The quantitative estimate of drug-likeness (QED) is 0.916. The number of aromatic nitrogens is 2. The van der Waals surface area contributed by atoms with Crippen molar-refractivity contribution in [1.29, 1.82) is 0 Å². The molecule has 0 radical (unpaired) electrons. The number of hydrogen-bond donors (Lipinski definition) is 1. The molecule has 1 heterocycles. The number of rotatable bonds is 4. The van der Waals surface area contributed by atoms with E-state index in [0.29, 0.717) is 6.07 Å². The summed E-state index contributed by atoms with van der Waals surface area (Å²) in [5.74, 6) is -3.03. The maximum Gasteiger partial charge on any atom is 0.276 e. The highest BCUT2D eigenvalue weighted by Crippen LogP contribution is 2.17. The molecule has 6 nitrogen and oxygen atoms in total. The summed E-state index contributed by atoms with van der Waals surface area (Å²) in [5.41, 5.74) is -0.433. The highest BCUT2D eigenvalue weighted by Gasteiger charge is 2.17. The Labute approximate surface area is 129 Å². The van der Waals surface area contributed by atoms with E-state index in [1.165, 1.54) is 0 Å². The first-order valence-corrected chi connectivity index (χ1v) is 8.27. The number of halogens is 3. The van der Waals surface area contributed by atoms with Crippen LogP contribution < -0.4 is 5.32 Å². The summed E-state index contributed by atoms with van der Waals surface area (Å²) in [5, 5.41) is 5.87. The summed E-state index contributed by atoms with van der Waals surface area (Å²) in [4.78, 5) is 11.9. The van der Waals surface area contributed by atoms with Crippen molar-refractivity contribution < 1.29 is 22.0 Å². The number of hydrogen-bond acceptors (Lipinski definition) is 4. The van der Waals surface area contributed by atoms with Crippen molar-refractivity contribution in [3.63, 3.8) is 0 Å². The largest absolute Gasteiger partial charge is 0.318 e. The topological polar surface area (TPSA) is 81.1 Å². The van der Waals surface area contributed by atoms with E-state index in [2.05, 4.69) is 10.4 Å². The zero-order chi connectivity index (χ0) is 16.5. The van der Waals surface area contributed by atoms with Crippen LogP contribution in [0.25, 0.3) is 0 Å². The highest BCUT2D eigenvalue weighted by molar-refractivity contribution is 7.89. The minimum Gasteiger partial charge on any atom is -0.318 e. The van der Waals surface area contributed by atoms with E-state index in [0.717, 1.165) is 29.1 Å². The van der Waals surface area contributed by atoms with Crippen LogP contribution in [0.2, 0.25) is 5.15 Å².